The van der Waals surface area contributed by atoms with Gasteiger partial charge in [-0.05, 0) is 66.6 Å². The van der Waals surface area contributed by atoms with Crippen molar-refractivity contribution >= 4 is 23.6 Å². The maximum Gasteiger partial charge on any atom is 0.416 e. The van der Waals surface area contributed by atoms with Crippen molar-refractivity contribution in [3.8, 4) is 0 Å². The number of alkyl halides is 3. The summed E-state index contributed by atoms with van der Waals surface area (Å²) in [4.78, 5) is 35.6. The van der Waals surface area contributed by atoms with E-state index in [4.69, 9.17) is 4.74 Å². The first-order chi connectivity index (χ1) is 25.8. The molecule has 1 saturated heterocycles. The van der Waals surface area contributed by atoms with Crippen molar-refractivity contribution in [2.75, 3.05) is 58.4 Å². The molecule has 1 fully saturated rings. The number of halogens is 5. The number of carbonyl (C=O) groups is 2. The van der Waals surface area contributed by atoms with Crippen LogP contribution in [0.25, 0.3) is 6.08 Å². The fraction of sp³-hybridized carbons (Fsp3) is 0.333. The molecule has 1 atom stereocenters. The van der Waals surface area contributed by atoms with E-state index in [1.165, 1.54) is 47.1 Å². The summed E-state index contributed by atoms with van der Waals surface area (Å²) < 4.78 is 73.8. The molecule has 0 radical (unpaired) electrons. The van der Waals surface area contributed by atoms with Gasteiger partial charge in [0.25, 0.3) is 0 Å². The fourth-order valence-electron chi connectivity index (χ4n) is 6.25. The lowest BCUT2D eigenvalue weighted by Gasteiger charge is -2.34. The molecule has 0 aliphatic carbocycles. The summed E-state index contributed by atoms with van der Waals surface area (Å²) in [6.45, 7) is 5.03. The van der Waals surface area contributed by atoms with Crippen LogP contribution in [0.1, 0.15) is 33.4 Å². The summed E-state index contributed by atoms with van der Waals surface area (Å²) in [5, 5.41) is 0. The van der Waals surface area contributed by atoms with E-state index in [1.54, 1.807) is 25.1 Å². The third kappa shape index (κ3) is 10.8. The number of anilines is 1. The van der Waals surface area contributed by atoms with Crippen LogP contribution in [0.15, 0.2) is 97.1 Å². The molecule has 0 bridgehead atoms. The van der Waals surface area contributed by atoms with Crippen LogP contribution < -0.4 is 4.90 Å². The van der Waals surface area contributed by atoms with Crippen molar-refractivity contribution in [2.24, 2.45) is 0 Å². The van der Waals surface area contributed by atoms with Crippen LogP contribution >= 0.6 is 0 Å². The molecule has 1 aliphatic heterocycles. The molecule has 1 unspecified atom stereocenters. The Labute approximate surface area is 313 Å². The summed E-state index contributed by atoms with van der Waals surface area (Å²) in [6.07, 6.45) is -1.59. The highest BCUT2D eigenvalue weighted by Gasteiger charge is 2.32. The first-order valence-electron chi connectivity index (χ1n) is 17.8. The highest BCUT2D eigenvalue weighted by atomic mass is 19.4. The molecule has 4 aromatic rings. The van der Waals surface area contributed by atoms with Gasteiger partial charge in [-0.25, -0.2) is 8.78 Å². The summed E-state index contributed by atoms with van der Waals surface area (Å²) in [5.41, 5.74) is 2.63. The number of aryl methyl sites for hydroxylation is 1. The summed E-state index contributed by atoms with van der Waals surface area (Å²) in [5.74, 6) is -2.61. The van der Waals surface area contributed by atoms with Gasteiger partial charge in [-0.1, -0.05) is 66.7 Å². The summed E-state index contributed by atoms with van der Waals surface area (Å²) in [7, 11) is 3.39. The molecule has 1 aliphatic rings. The molecule has 2 amide bonds. The van der Waals surface area contributed by atoms with Gasteiger partial charge in [0.05, 0.1) is 18.8 Å². The second kappa shape index (κ2) is 18.3. The minimum atomic E-state index is -4.49. The molecule has 54 heavy (non-hydrogen) atoms. The van der Waals surface area contributed by atoms with Gasteiger partial charge in [0.1, 0.15) is 6.04 Å². The van der Waals surface area contributed by atoms with Crippen molar-refractivity contribution in [2.45, 2.75) is 38.7 Å². The van der Waals surface area contributed by atoms with Crippen LogP contribution in [0, 0.1) is 18.6 Å². The van der Waals surface area contributed by atoms with Crippen molar-refractivity contribution < 1.29 is 36.3 Å². The molecular formula is C42H45F5N4O3. The molecule has 0 aromatic heterocycles. The zero-order valence-electron chi connectivity index (χ0n) is 30.7. The largest absolute Gasteiger partial charge is 0.416 e. The Kier molecular flexibility index (Phi) is 13.6. The van der Waals surface area contributed by atoms with Crippen molar-refractivity contribution in [3.05, 3.63) is 142 Å². The molecule has 5 rings (SSSR count). The number of amides is 2. The molecule has 286 valence electrons. The van der Waals surface area contributed by atoms with E-state index in [9.17, 15) is 31.5 Å². The van der Waals surface area contributed by atoms with E-state index in [1.807, 2.05) is 54.6 Å². The average molecular weight is 749 g/mol. The Morgan fingerprint density at radius 2 is 1.48 bits per heavy atom. The standard InChI is InChI=1S/C42H45F5N4O3/c1-30-9-15-34(40(44)39(30)43)29-48(2)21-22-49(3)41(53)37(27-32-7-5-4-6-8-32)51(28-33-12-18-36(19-13-33)50-23-25-54-26-24-50)38(52)20-14-31-10-16-35(17-11-31)42(45,46)47/h4-20,37H,21-29H2,1-3H3. The Balaban J connectivity index is 1.40. The van der Waals surface area contributed by atoms with E-state index in [0.29, 0.717) is 25.3 Å². The minimum absolute atomic E-state index is 0.0782. The lowest BCUT2D eigenvalue weighted by atomic mass is 10.0. The predicted octanol–water partition coefficient (Wildman–Crippen LogP) is 7.37. The number of hydrogen-bond acceptors (Lipinski definition) is 5. The lowest BCUT2D eigenvalue weighted by Crippen LogP contribution is -2.51. The topological polar surface area (TPSA) is 56.3 Å². The SMILES string of the molecule is Cc1ccc(CN(C)CCN(C)C(=O)C(Cc2ccccc2)N(Cc2ccc(N3CCOCC3)cc2)C(=O)C=Cc2ccc(C(F)(F)F)cc2)c(F)c1F. The molecule has 4 aromatic carbocycles. The maximum atomic E-state index is 14.6. The minimum Gasteiger partial charge on any atom is -0.378 e. The van der Waals surface area contributed by atoms with Gasteiger partial charge < -0.3 is 24.3 Å². The Bertz CT molecular complexity index is 1880. The second-order valence-corrected chi connectivity index (χ2v) is 13.6. The number of nitrogens with zero attached hydrogens (tertiary/aromatic N) is 4. The normalized spacial score (nSPS) is 14.1. The van der Waals surface area contributed by atoms with Gasteiger partial charge in [0.15, 0.2) is 11.6 Å². The maximum absolute atomic E-state index is 14.6. The van der Waals surface area contributed by atoms with Crippen LogP contribution in [0.5, 0.6) is 0 Å². The van der Waals surface area contributed by atoms with Crippen molar-refractivity contribution in [3.63, 3.8) is 0 Å². The quantitative estimate of drug-likeness (QED) is 0.0997. The first kappa shape index (κ1) is 40.1. The van der Waals surface area contributed by atoms with Gasteiger partial charge >= 0.3 is 6.18 Å². The molecule has 0 spiro atoms. The molecular weight excluding hydrogens is 703 g/mol. The van der Waals surface area contributed by atoms with Crippen LogP contribution in [0.2, 0.25) is 0 Å². The van der Waals surface area contributed by atoms with E-state index < -0.39 is 35.3 Å². The number of benzene rings is 4. The average Bonchev–Trinajstić information content (AvgIpc) is 3.18. The zero-order chi connectivity index (χ0) is 38.8. The van der Waals surface area contributed by atoms with Gasteiger partial charge in [0, 0.05) is 70.1 Å². The second-order valence-electron chi connectivity index (χ2n) is 13.6. The van der Waals surface area contributed by atoms with Gasteiger partial charge in [-0.3, -0.25) is 9.59 Å². The first-order valence-corrected chi connectivity index (χ1v) is 17.8. The number of rotatable bonds is 14. The molecule has 7 nitrogen and oxygen atoms in total. The Morgan fingerprint density at radius 3 is 2.13 bits per heavy atom. The monoisotopic (exact) mass is 748 g/mol. The highest BCUT2D eigenvalue weighted by molar-refractivity contribution is 5.95. The van der Waals surface area contributed by atoms with E-state index in [0.717, 1.165) is 42.0 Å². The van der Waals surface area contributed by atoms with Crippen LogP contribution in [-0.2, 0) is 40.0 Å². The number of carbonyl (C=O) groups excluding carboxylic acids is 2. The van der Waals surface area contributed by atoms with Crippen LogP contribution in [0.4, 0.5) is 27.6 Å². The predicted molar refractivity (Wildman–Crippen MR) is 200 cm³/mol. The van der Waals surface area contributed by atoms with Gasteiger partial charge in [-0.15, -0.1) is 0 Å². The summed E-state index contributed by atoms with van der Waals surface area (Å²) in [6, 6.07) is 23.7. The lowest BCUT2D eigenvalue weighted by molar-refractivity contribution is -0.143. The molecule has 0 N–H and O–H groups in total. The Morgan fingerprint density at radius 1 is 0.815 bits per heavy atom. The fourth-order valence-corrected chi connectivity index (χ4v) is 6.25. The van der Waals surface area contributed by atoms with E-state index in [2.05, 4.69) is 4.90 Å². The third-order valence-electron chi connectivity index (χ3n) is 9.53. The molecule has 1 heterocycles. The number of likely N-dealkylation sites (N-methyl/N-ethyl adjacent to an activating group) is 2. The van der Waals surface area contributed by atoms with Gasteiger partial charge in [-0.2, -0.15) is 13.2 Å². The van der Waals surface area contributed by atoms with Gasteiger partial charge in [0.2, 0.25) is 11.8 Å². The zero-order valence-corrected chi connectivity index (χ0v) is 30.7. The number of ether oxygens (including phenoxy) is 1. The van der Waals surface area contributed by atoms with Crippen LogP contribution in [-0.4, -0.2) is 86.0 Å². The summed E-state index contributed by atoms with van der Waals surface area (Å²) >= 11 is 0. The van der Waals surface area contributed by atoms with E-state index >= 15 is 0 Å². The third-order valence-corrected chi connectivity index (χ3v) is 9.53. The number of morpholine rings is 1. The highest BCUT2D eigenvalue weighted by Crippen LogP contribution is 2.29. The number of hydrogen-bond donors (Lipinski definition) is 0. The van der Waals surface area contributed by atoms with Crippen molar-refractivity contribution in [1.29, 1.82) is 0 Å². The molecule has 12 heteroatoms. The van der Waals surface area contributed by atoms with Crippen molar-refractivity contribution in [1.82, 2.24) is 14.7 Å². The van der Waals surface area contributed by atoms with E-state index in [-0.39, 0.29) is 43.1 Å². The Hall–Kier alpha value is -5.07. The molecule has 0 saturated carbocycles. The van der Waals surface area contributed by atoms with Crippen LogP contribution in [0.3, 0.4) is 0 Å². The smallest absolute Gasteiger partial charge is 0.378 e.